The molecule has 2 heterocycles. The number of nitrogens with zero attached hydrogens (tertiary/aromatic N) is 2. The number of carboxylic acid groups (broad SMARTS) is 1. The molecule has 3 saturated carbocycles. The summed E-state index contributed by atoms with van der Waals surface area (Å²) >= 11 is 0. The zero-order valence-electron chi connectivity index (χ0n) is 19.3. The molecule has 34 heavy (non-hydrogen) atoms. The Morgan fingerprint density at radius 1 is 1.15 bits per heavy atom. The first-order valence-corrected chi connectivity index (χ1v) is 12.5. The average Bonchev–Trinajstić information content (AvgIpc) is 3.02. The lowest BCUT2D eigenvalue weighted by atomic mass is 9.38. The molecule has 2 aliphatic heterocycles. The molecule has 1 aromatic carbocycles. The van der Waals surface area contributed by atoms with Crippen molar-refractivity contribution in [1.82, 2.24) is 15.1 Å². The third-order valence-electron chi connectivity index (χ3n) is 9.07. The van der Waals surface area contributed by atoms with Gasteiger partial charge in [-0.15, -0.1) is 0 Å². The molecule has 0 bridgehead atoms. The Kier molecular flexibility index (Phi) is 4.80. The maximum atomic E-state index is 13.1. The molecule has 0 aromatic heterocycles. The highest BCUT2D eigenvalue weighted by Crippen LogP contribution is 2.72. The fourth-order valence-electron chi connectivity index (χ4n) is 7.59. The highest BCUT2D eigenvalue weighted by atomic mass is 16.4. The summed E-state index contributed by atoms with van der Waals surface area (Å²) in [5.41, 5.74) is 3.28. The van der Waals surface area contributed by atoms with Gasteiger partial charge in [-0.05, 0) is 78.9 Å². The number of piperidine rings is 1. The Hall–Kier alpha value is -2.90. The van der Waals surface area contributed by atoms with E-state index in [4.69, 9.17) is 0 Å². The number of hydrogen-bond donors (Lipinski definition) is 2. The lowest BCUT2D eigenvalue weighted by Gasteiger charge is -2.67. The number of benzene rings is 1. The van der Waals surface area contributed by atoms with Crippen molar-refractivity contribution < 1.29 is 24.3 Å². The van der Waals surface area contributed by atoms with Crippen molar-refractivity contribution in [2.75, 3.05) is 6.54 Å². The van der Waals surface area contributed by atoms with Crippen molar-refractivity contribution in [3.63, 3.8) is 0 Å². The van der Waals surface area contributed by atoms with Gasteiger partial charge in [0.2, 0.25) is 11.8 Å². The Bertz CT molecular complexity index is 1080. The van der Waals surface area contributed by atoms with Gasteiger partial charge < -0.3 is 14.9 Å². The summed E-state index contributed by atoms with van der Waals surface area (Å²) in [5.74, 6) is -0.544. The molecule has 0 radical (unpaired) electrons. The zero-order valence-corrected chi connectivity index (χ0v) is 19.3. The number of carbonyl (C=O) groups is 4. The van der Waals surface area contributed by atoms with Crippen LogP contribution in [0.1, 0.15) is 79.3 Å². The normalized spacial score (nSPS) is 26.5. The van der Waals surface area contributed by atoms with Crippen molar-refractivity contribution in [2.24, 2.45) is 16.7 Å². The predicted octanol–water partition coefficient (Wildman–Crippen LogP) is 3.29. The maximum Gasteiger partial charge on any atom is 0.407 e. The van der Waals surface area contributed by atoms with Gasteiger partial charge in [-0.25, -0.2) is 4.79 Å². The van der Waals surface area contributed by atoms with Crippen LogP contribution in [0.3, 0.4) is 0 Å². The molecule has 180 valence electrons. The van der Waals surface area contributed by atoms with Crippen LogP contribution in [0.2, 0.25) is 0 Å². The second kappa shape index (κ2) is 7.55. The third kappa shape index (κ3) is 3.49. The van der Waals surface area contributed by atoms with E-state index in [1.807, 2.05) is 12.1 Å². The minimum Gasteiger partial charge on any atom is -0.465 e. The molecule has 3 aliphatic carbocycles. The molecule has 6 rings (SSSR count). The molecule has 2 N–H and O–H groups in total. The molecule has 1 unspecified atom stereocenters. The van der Waals surface area contributed by atoms with Crippen LogP contribution in [0.4, 0.5) is 4.79 Å². The molecular weight excluding hydrogens is 434 g/mol. The predicted molar refractivity (Wildman–Crippen MR) is 122 cm³/mol. The van der Waals surface area contributed by atoms with Gasteiger partial charge in [0.05, 0.1) is 0 Å². The summed E-state index contributed by atoms with van der Waals surface area (Å²) in [4.78, 5) is 51.7. The van der Waals surface area contributed by atoms with Crippen molar-refractivity contribution in [3.8, 4) is 0 Å². The van der Waals surface area contributed by atoms with Crippen molar-refractivity contribution in [2.45, 2.75) is 76.9 Å². The number of rotatable bonds is 5. The lowest BCUT2D eigenvalue weighted by Crippen LogP contribution is -2.57. The van der Waals surface area contributed by atoms with E-state index in [0.717, 1.165) is 24.0 Å². The number of fused-ring (bicyclic) bond motifs is 1. The molecule has 1 atom stereocenters. The molecule has 1 saturated heterocycles. The molecule has 1 aromatic rings. The van der Waals surface area contributed by atoms with Crippen LogP contribution in [0.15, 0.2) is 18.2 Å². The number of carbonyl (C=O) groups excluding carboxylic acids is 3. The van der Waals surface area contributed by atoms with Crippen LogP contribution < -0.4 is 5.32 Å². The number of nitrogens with one attached hydrogen (secondary N) is 1. The first kappa shape index (κ1) is 21.6. The highest BCUT2D eigenvalue weighted by Gasteiger charge is 2.61. The van der Waals surface area contributed by atoms with E-state index in [2.05, 4.69) is 5.32 Å². The number of imide groups is 1. The summed E-state index contributed by atoms with van der Waals surface area (Å²) < 4.78 is 0. The smallest absolute Gasteiger partial charge is 0.407 e. The summed E-state index contributed by atoms with van der Waals surface area (Å²) in [7, 11) is 0. The largest absolute Gasteiger partial charge is 0.465 e. The van der Waals surface area contributed by atoms with Crippen molar-refractivity contribution in [3.05, 3.63) is 34.9 Å². The van der Waals surface area contributed by atoms with Gasteiger partial charge in [-0.2, -0.15) is 0 Å². The van der Waals surface area contributed by atoms with Gasteiger partial charge in [0.1, 0.15) is 6.04 Å². The quantitative estimate of drug-likeness (QED) is 0.649. The van der Waals surface area contributed by atoms with E-state index >= 15 is 0 Å². The van der Waals surface area contributed by atoms with E-state index in [1.165, 1.54) is 41.9 Å². The van der Waals surface area contributed by atoms with Crippen LogP contribution in [0.5, 0.6) is 0 Å². The van der Waals surface area contributed by atoms with E-state index in [1.54, 1.807) is 6.07 Å². The maximum absolute atomic E-state index is 13.1. The van der Waals surface area contributed by atoms with E-state index < -0.39 is 18.0 Å². The van der Waals surface area contributed by atoms with Crippen LogP contribution in [-0.4, -0.2) is 51.3 Å². The standard InChI is InChI=1S/C26H31N3O5/c30-21-5-4-20(22(31)27-21)29-13-18-3-2-16(8-19(18)23(29)32)11-28(24(33)34)12-17-9-26(10-17)14-25(15-26)6-1-7-25/h2-3,8,17,20H,1,4-7,9-15H2,(H,33,34)(H,27,30,31). The van der Waals surface area contributed by atoms with E-state index in [0.29, 0.717) is 41.8 Å². The van der Waals surface area contributed by atoms with Crippen molar-refractivity contribution >= 4 is 23.8 Å². The molecule has 8 heteroatoms. The third-order valence-corrected chi connectivity index (χ3v) is 9.07. The molecule has 8 nitrogen and oxygen atoms in total. The van der Waals surface area contributed by atoms with E-state index in [9.17, 15) is 24.3 Å². The topological polar surface area (TPSA) is 107 Å². The monoisotopic (exact) mass is 465 g/mol. The van der Waals surface area contributed by atoms with Gasteiger partial charge >= 0.3 is 6.09 Å². The SMILES string of the molecule is O=C1CCC(N2Cc3ccc(CN(CC4CC5(C4)CC4(CCC4)C5)C(=O)O)cc3C2=O)C(=O)N1. The van der Waals surface area contributed by atoms with Gasteiger partial charge in [-0.3, -0.25) is 19.7 Å². The Balaban J connectivity index is 1.09. The fourth-order valence-corrected chi connectivity index (χ4v) is 7.59. The lowest BCUT2D eigenvalue weighted by molar-refractivity contribution is -0.165. The summed E-state index contributed by atoms with van der Waals surface area (Å²) in [6.07, 6.45) is 8.75. The minimum absolute atomic E-state index is 0.221. The number of hydrogen-bond acceptors (Lipinski definition) is 4. The van der Waals surface area contributed by atoms with Crippen LogP contribution in [-0.2, 0) is 22.7 Å². The highest BCUT2D eigenvalue weighted by molar-refractivity contribution is 6.05. The van der Waals surface area contributed by atoms with Crippen molar-refractivity contribution in [1.29, 1.82) is 0 Å². The van der Waals surface area contributed by atoms with Crippen LogP contribution >= 0.6 is 0 Å². The molecule has 4 fully saturated rings. The molecule has 2 spiro atoms. The van der Waals surface area contributed by atoms with Gasteiger partial charge in [-0.1, -0.05) is 18.6 Å². The second-order valence-corrected chi connectivity index (χ2v) is 11.5. The van der Waals surface area contributed by atoms with Gasteiger partial charge in [0.25, 0.3) is 5.91 Å². The van der Waals surface area contributed by atoms with Crippen LogP contribution in [0, 0.1) is 16.7 Å². The summed E-state index contributed by atoms with van der Waals surface area (Å²) in [5, 5.41) is 12.1. The Labute approximate surface area is 198 Å². The fraction of sp³-hybridized carbons (Fsp3) is 0.615. The summed E-state index contributed by atoms with van der Waals surface area (Å²) in [6, 6.07) is 4.87. The first-order valence-electron chi connectivity index (χ1n) is 12.5. The van der Waals surface area contributed by atoms with E-state index in [-0.39, 0.29) is 24.8 Å². The zero-order chi connectivity index (χ0) is 23.7. The summed E-state index contributed by atoms with van der Waals surface area (Å²) in [6.45, 7) is 1.12. The number of amides is 4. The second-order valence-electron chi connectivity index (χ2n) is 11.5. The molecule has 5 aliphatic rings. The van der Waals surface area contributed by atoms with Crippen LogP contribution in [0.25, 0.3) is 0 Å². The minimum atomic E-state index is -0.929. The molecular formula is C26H31N3O5. The Morgan fingerprint density at radius 2 is 1.91 bits per heavy atom. The van der Waals surface area contributed by atoms with Gasteiger partial charge in [0, 0.05) is 31.6 Å². The average molecular weight is 466 g/mol. The first-order chi connectivity index (χ1) is 16.2. The Morgan fingerprint density at radius 3 is 2.56 bits per heavy atom. The molecule has 4 amide bonds. The van der Waals surface area contributed by atoms with Gasteiger partial charge in [0.15, 0.2) is 0 Å².